The Morgan fingerprint density at radius 1 is 1.53 bits per heavy atom. The number of nitrogen functional groups attached to an aromatic ring is 1. The summed E-state index contributed by atoms with van der Waals surface area (Å²) in [6.07, 6.45) is 0.418. The number of carbonyl (C=O) groups excluding carboxylic acids is 1. The normalized spacial score (nSPS) is 9.82. The van der Waals surface area contributed by atoms with Gasteiger partial charge in [0.2, 0.25) is 11.8 Å². The molecule has 1 aromatic heterocycles. The second-order valence-electron chi connectivity index (χ2n) is 3.76. The van der Waals surface area contributed by atoms with Crippen LogP contribution in [0.4, 0.5) is 11.5 Å². The predicted molar refractivity (Wildman–Crippen MR) is 67.0 cm³/mol. The highest BCUT2D eigenvalue weighted by Crippen LogP contribution is 2.19. The SMILES string of the molecule is COc1nc(NCCC(=O)N(C)C)ccc1N. The second kappa shape index (κ2) is 5.93. The molecular weight excluding hydrogens is 220 g/mol. The third-order valence-corrected chi connectivity index (χ3v) is 2.23. The van der Waals surface area contributed by atoms with Gasteiger partial charge < -0.3 is 20.7 Å². The molecule has 0 spiro atoms. The van der Waals surface area contributed by atoms with Crippen molar-refractivity contribution in [3.05, 3.63) is 12.1 Å². The lowest BCUT2D eigenvalue weighted by atomic mass is 10.3. The molecule has 6 nitrogen and oxygen atoms in total. The fourth-order valence-corrected chi connectivity index (χ4v) is 1.23. The van der Waals surface area contributed by atoms with Crippen LogP contribution in [0.5, 0.6) is 5.88 Å². The van der Waals surface area contributed by atoms with Gasteiger partial charge in [-0.15, -0.1) is 0 Å². The Labute approximate surface area is 101 Å². The number of rotatable bonds is 5. The maximum atomic E-state index is 11.3. The van der Waals surface area contributed by atoms with Crippen LogP contribution in [0.1, 0.15) is 6.42 Å². The van der Waals surface area contributed by atoms with Crippen molar-refractivity contribution >= 4 is 17.4 Å². The lowest BCUT2D eigenvalue weighted by molar-refractivity contribution is -0.128. The minimum Gasteiger partial charge on any atom is -0.479 e. The van der Waals surface area contributed by atoms with E-state index in [-0.39, 0.29) is 5.91 Å². The van der Waals surface area contributed by atoms with Crippen LogP contribution in [0.15, 0.2) is 12.1 Å². The Kier molecular flexibility index (Phi) is 4.56. The molecule has 0 unspecified atom stereocenters. The average Bonchev–Trinajstić information content (AvgIpc) is 2.31. The first-order valence-electron chi connectivity index (χ1n) is 5.29. The number of hydrogen-bond donors (Lipinski definition) is 2. The van der Waals surface area contributed by atoms with E-state index in [1.54, 1.807) is 31.1 Å². The summed E-state index contributed by atoms with van der Waals surface area (Å²) in [6, 6.07) is 3.46. The highest BCUT2D eigenvalue weighted by molar-refractivity contribution is 5.76. The molecule has 0 aliphatic carbocycles. The fourth-order valence-electron chi connectivity index (χ4n) is 1.23. The van der Waals surface area contributed by atoms with Gasteiger partial charge in [-0.1, -0.05) is 0 Å². The monoisotopic (exact) mass is 238 g/mol. The third kappa shape index (κ3) is 3.82. The minimum atomic E-state index is 0.0694. The molecular formula is C11H18N4O2. The Hall–Kier alpha value is -1.98. The van der Waals surface area contributed by atoms with Crippen LogP contribution in [0, 0.1) is 0 Å². The molecule has 1 aromatic rings. The van der Waals surface area contributed by atoms with Gasteiger partial charge in [-0.2, -0.15) is 4.98 Å². The first-order chi connectivity index (χ1) is 8.04. The van der Waals surface area contributed by atoms with Gasteiger partial charge in [0.1, 0.15) is 5.82 Å². The van der Waals surface area contributed by atoms with E-state index in [0.29, 0.717) is 30.4 Å². The van der Waals surface area contributed by atoms with Gasteiger partial charge in [0.15, 0.2) is 0 Å². The van der Waals surface area contributed by atoms with Crippen molar-refractivity contribution in [3.63, 3.8) is 0 Å². The molecule has 0 saturated carbocycles. The number of amides is 1. The minimum absolute atomic E-state index is 0.0694. The van der Waals surface area contributed by atoms with E-state index in [0.717, 1.165) is 0 Å². The summed E-state index contributed by atoms with van der Waals surface area (Å²) < 4.78 is 5.00. The molecule has 0 saturated heterocycles. The van der Waals surface area contributed by atoms with E-state index >= 15 is 0 Å². The molecule has 17 heavy (non-hydrogen) atoms. The highest BCUT2D eigenvalue weighted by atomic mass is 16.5. The number of hydrogen-bond acceptors (Lipinski definition) is 5. The number of nitrogens with two attached hydrogens (primary N) is 1. The first kappa shape index (κ1) is 13.1. The van der Waals surface area contributed by atoms with E-state index in [1.807, 2.05) is 0 Å². The maximum absolute atomic E-state index is 11.3. The van der Waals surface area contributed by atoms with Crippen LogP contribution in [0.2, 0.25) is 0 Å². The number of nitrogens with one attached hydrogen (secondary N) is 1. The van der Waals surface area contributed by atoms with E-state index < -0.39 is 0 Å². The van der Waals surface area contributed by atoms with Gasteiger partial charge in [0.05, 0.1) is 12.8 Å². The van der Waals surface area contributed by atoms with Crippen molar-refractivity contribution < 1.29 is 9.53 Å². The highest BCUT2D eigenvalue weighted by Gasteiger charge is 2.05. The molecule has 1 heterocycles. The van der Waals surface area contributed by atoms with E-state index in [1.165, 1.54) is 7.11 Å². The van der Waals surface area contributed by atoms with Crippen LogP contribution < -0.4 is 15.8 Å². The van der Waals surface area contributed by atoms with Gasteiger partial charge in [-0.05, 0) is 12.1 Å². The Morgan fingerprint density at radius 3 is 2.82 bits per heavy atom. The number of aromatic nitrogens is 1. The lowest BCUT2D eigenvalue weighted by Gasteiger charge is -2.11. The fraction of sp³-hybridized carbons (Fsp3) is 0.455. The van der Waals surface area contributed by atoms with Crippen LogP contribution in [0.3, 0.4) is 0 Å². The topological polar surface area (TPSA) is 80.5 Å². The smallest absolute Gasteiger partial charge is 0.238 e. The molecule has 94 valence electrons. The van der Waals surface area contributed by atoms with Crippen molar-refractivity contribution in [1.82, 2.24) is 9.88 Å². The number of anilines is 2. The van der Waals surface area contributed by atoms with Gasteiger partial charge in [0.25, 0.3) is 0 Å². The summed E-state index contributed by atoms with van der Waals surface area (Å²) in [6.45, 7) is 0.525. The molecule has 1 amide bonds. The van der Waals surface area contributed by atoms with Crippen molar-refractivity contribution in [2.75, 3.05) is 38.8 Å². The molecule has 0 aliphatic rings. The predicted octanol–water partition coefficient (Wildman–Crippen LogP) is 0.563. The summed E-state index contributed by atoms with van der Waals surface area (Å²) in [5.74, 6) is 1.09. The number of pyridine rings is 1. The number of methoxy groups -OCH3 is 1. The molecule has 3 N–H and O–H groups in total. The summed E-state index contributed by atoms with van der Waals surface area (Å²) in [5.41, 5.74) is 6.13. The van der Waals surface area contributed by atoms with Crippen LogP contribution in [0.25, 0.3) is 0 Å². The van der Waals surface area contributed by atoms with Crippen molar-refractivity contribution in [2.24, 2.45) is 0 Å². The largest absolute Gasteiger partial charge is 0.479 e. The number of carbonyl (C=O) groups is 1. The zero-order valence-corrected chi connectivity index (χ0v) is 10.4. The van der Waals surface area contributed by atoms with Crippen molar-refractivity contribution in [1.29, 1.82) is 0 Å². The quantitative estimate of drug-likeness (QED) is 0.783. The zero-order chi connectivity index (χ0) is 12.8. The third-order valence-electron chi connectivity index (χ3n) is 2.23. The Bertz CT molecular complexity index is 393. The van der Waals surface area contributed by atoms with E-state index in [2.05, 4.69) is 10.3 Å². The summed E-state index contributed by atoms with van der Waals surface area (Å²) in [4.78, 5) is 17.0. The summed E-state index contributed by atoms with van der Waals surface area (Å²) in [5, 5.41) is 3.04. The molecule has 0 radical (unpaired) electrons. The van der Waals surface area contributed by atoms with E-state index in [9.17, 15) is 4.79 Å². The molecule has 0 fully saturated rings. The molecule has 0 aliphatic heterocycles. The second-order valence-corrected chi connectivity index (χ2v) is 3.76. The summed E-state index contributed by atoms with van der Waals surface area (Å²) >= 11 is 0. The molecule has 1 rings (SSSR count). The van der Waals surface area contributed by atoms with Crippen molar-refractivity contribution in [2.45, 2.75) is 6.42 Å². The number of nitrogens with zero attached hydrogens (tertiary/aromatic N) is 2. The van der Waals surface area contributed by atoms with Gasteiger partial charge in [-0.3, -0.25) is 4.79 Å². The molecule has 0 atom stereocenters. The maximum Gasteiger partial charge on any atom is 0.238 e. The molecule has 0 aromatic carbocycles. The average molecular weight is 238 g/mol. The van der Waals surface area contributed by atoms with Crippen LogP contribution >= 0.6 is 0 Å². The standard InChI is InChI=1S/C11H18N4O2/c1-15(2)10(16)6-7-13-9-5-4-8(12)11(14-9)17-3/h4-5H,6-7,12H2,1-3H3,(H,13,14). The zero-order valence-electron chi connectivity index (χ0n) is 10.4. The molecule has 0 bridgehead atoms. The van der Waals surface area contributed by atoms with Gasteiger partial charge in [-0.25, -0.2) is 0 Å². The van der Waals surface area contributed by atoms with Crippen molar-refractivity contribution in [3.8, 4) is 5.88 Å². The Morgan fingerprint density at radius 2 is 2.24 bits per heavy atom. The van der Waals surface area contributed by atoms with Gasteiger partial charge in [0, 0.05) is 27.1 Å². The molecule has 6 heteroatoms. The first-order valence-corrected chi connectivity index (χ1v) is 5.29. The summed E-state index contributed by atoms with van der Waals surface area (Å²) in [7, 11) is 4.97. The lowest BCUT2D eigenvalue weighted by Crippen LogP contribution is -2.24. The van der Waals surface area contributed by atoms with Crippen LogP contribution in [-0.2, 0) is 4.79 Å². The van der Waals surface area contributed by atoms with Gasteiger partial charge >= 0.3 is 0 Å². The number of ether oxygens (including phenoxy) is 1. The Balaban J connectivity index is 2.50. The van der Waals surface area contributed by atoms with Crippen LogP contribution in [-0.4, -0.2) is 43.5 Å². The van der Waals surface area contributed by atoms with E-state index in [4.69, 9.17) is 10.5 Å².